The third-order valence-corrected chi connectivity index (χ3v) is 0. The van der Waals surface area contributed by atoms with Gasteiger partial charge in [0, 0.05) is 0 Å². The number of hydrogen-bond acceptors (Lipinski definition) is 0. The van der Waals surface area contributed by atoms with Crippen LogP contribution in [0.2, 0.25) is 0 Å². The summed E-state index contributed by atoms with van der Waals surface area (Å²) in [7, 11) is 0. The molecule has 0 rings (SSSR count). The van der Waals surface area contributed by atoms with Crippen molar-refractivity contribution in [3.05, 3.63) is 0 Å². The van der Waals surface area contributed by atoms with Crippen molar-refractivity contribution in [2.24, 2.45) is 0 Å². The molecule has 66 valence electrons. The maximum absolute atomic E-state index is 0. The summed E-state index contributed by atoms with van der Waals surface area (Å²) in [6.45, 7) is 0. The van der Waals surface area contributed by atoms with Crippen LogP contribution in [0.1, 0.15) is 0 Å². The summed E-state index contributed by atoms with van der Waals surface area (Å²) >= 11 is 0. The second-order valence-electron chi connectivity index (χ2n) is 0. The summed E-state index contributed by atoms with van der Waals surface area (Å²) in [5.74, 6) is 0. The van der Waals surface area contributed by atoms with Crippen molar-refractivity contribution in [3.8, 4) is 0 Å². The molecule has 0 radical (unpaired) electrons. The van der Waals surface area contributed by atoms with Gasteiger partial charge in [-0.05, 0) is 0 Å². The molecule has 9 heteroatoms. The molecule has 0 heterocycles. The second-order valence-corrected chi connectivity index (χ2v) is 0. The molecule has 0 bridgehead atoms. The molecule has 0 fully saturated rings. The van der Waals surface area contributed by atoms with E-state index in [9.17, 15) is 0 Å². The average molecular weight is 184 g/mol. The van der Waals surface area contributed by atoms with E-state index in [0.29, 0.717) is 0 Å². The van der Waals surface area contributed by atoms with Gasteiger partial charge in [0.1, 0.15) is 0 Å². The molecule has 9 heavy (non-hydrogen) atoms. The molecule has 0 aliphatic heterocycles. The maximum atomic E-state index is 0. The monoisotopic (exact) mass is 184 g/mol. The van der Waals surface area contributed by atoms with Crippen LogP contribution in [0.15, 0.2) is 0 Å². The van der Waals surface area contributed by atoms with Gasteiger partial charge in [0.25, 0.3) is 0 Å². The zero-order chi connectivity index (χ0) is 0. The zero-order valence-corrected chi connectivity index (χ0v) is 4.00. The van der Waals surface area contributed by atoms with Gasteiger partial charge in [0.2, 0.25) is 0 Å². The van der Waals surface area contributed by atoms with Crippen molar-refractivity contribution in [1.29, 1.82) is 0 Å². The molecular weight excluding hydrogens is 167 g/mol. The van der Waals surface area contributed by atoms with Gasteiger partial charge in [-0.15, -0.1) is 0 Å². The van der Waals surface area contributed by atoms with E-state index < -0.39 is 0 Å². The van der Waals surface area contributed by atoms with Gasteiger partial charge in [-0.25, -0.2) is 0 Å². The molecule has 0 spiro atoms. The van der Waals surface area contributed by atoms with Crippen molar-refractivity contribution < 1.29 is 43.8 Å². The minimum absolute atomic E-state index is 0. The van der Waals surface area contributed by atoms with Crippen LogP contribution >= 0.6 is 0 Å². The normalized spacial score (nSPS) is 0. The van der Waals surface area contributed by atoms with Crippen LogP contribution in [-0.4, -0.2) is 95.2 Å². The first-order chi connectivity index (χ1) is 0. The SMILES string of the molecule is O.O.O.O.O.O.O.O.[KH]. The Morgan fingerprint density at radius 2 is 0.222 bits per heavy atom. The Morgan fingerprint density at radius 1 is 0.222 bits per heavy atom. The van der Waals surface area contributed by atoms with Gasteiger partial charge < -0.3 is 43.8 Å². The van der Waals surface area contributed by atoms with Gasteiger partial charge >= 0.3 is 51.4 Å². The van der Waals surface area contributed by atoms with Crippen molar-refractivity contribution in [2.45, 2.75) is 0 Å². The summed E-state index contributed by atoms with van der Waals surface area (Å²) in [5, 5.41) is 0. The van der Waals surface area contributed by atoms with E-state index in [1.54, 1.807) is 0 Å². The number of rotatable bonds is 0. The molecule has 0 aromatic carbocycles. The van der Waals surface area contributed by atoms with Crippen LogP contribution in [0.25, 0.3) is 0 Å². The summed E-state index contributed by atoms with van der Waals surface area (Å²) in [4.78, 5) is 0. The predicted molar refractivity (Wildman–Crippen MR) is 36.1 cm³/mol. The molecule has 0 aromatic rings. The summed E-state index contributed by atoms with van der Waals surface area (Å²) < 4.78 is 0. The molecule has 0 amide bonds. The van der Waals surface area contributed by atoms with Crippen LogP contribution in [0.3, 0.4) is 0 Å². The molecule has 0 atom stereocenters. The van der Waals surface area contributed by atoms with Gasteiger partial charge in [0.05, 0.1) is 0 Å². The molecule has 0 aliphatic rings. The Bertz CT molecular complexity index is 4.53. The van der Waals surface area contributed by atoms with Gasteiger partial charge in [-0.2, -0.15) is 0 Å². The van der Waals surface area contributed by atoms with E-state index >= 15 is 0 Å². The molecule has 0 unspecified atom stereocenters. The zero-order valence-electron chi connectivity index (χ0n) is 4.00. The van der Waals surface area contributed by atoms with Crippen molar-refractivity contribution >= 4 is 51.4 Å². The molecule has 8 nitrogen and oxygen atoms in total. The Labute approximate surface area is 94.1 Å². The van der Waals surface area contributed by atoms with Crippen LogP contribution in [0, 0.1) is 0 Å². The first kappa shape index (κ1) is 517. The molecule has 0 aliphatic carbocycles. The summed E-state index contributed by atoms with van der Waals surface area (Å²) in [6, 6.07) is 0. The van der Waals surface area contributed by atoms with Crippen LogP contribution in [-0.2, 0) is 0 Å². The fourth-order valence-corrected chi connectivity index (χ4v) is 0. The molecule has 0 aromatic heterocycles. The Kier molecular flexibility index (Phi) is 21300. The van der Waals surface area contributed by atoms with E-state index in [1.807, 2.05) is 0 Å². The average Bonchev–Trinajstić information content (AvgIpc) is 0. The first-order valence-electron chi connectivity index (χ1n) is 0. The Balaban J connectivity index is 0. The minimum atomic E-state index is 0. The number of hydrogen-bond donors (Lipinski definition) is 0. The standard InChI is InChI=1S/K.8H2O.H/h;8*1H2;. The van der Waals surface area contributed by atoms with Crippen LogP contribution < -0.4 is 0 Å². The van der Waals surface area contributed by atoms with Crippen LogP contribution in [0.4, 0.5) is 0 Å². The van der Waals surface area contributed by atoms with E-state index in [4.69, 9.17) is 0 Å². The second kappa shape index (κ2) is 372. The van der Waals surface area contributed by atoms with Crippen molar-refractivity contribution in [3.63, 3.8) is 0 Å². The van der Waals surface area contributed by atoms with Crippen molar-refractivity contribution in [1.82, 2.24) is 0 Å². The van der Waals surface area contributed by atoms with Gasteiger partial charge in [-0.3, -0.25) is 0 Å². The van der Waals surface area contributed by atoms with E-state index in [0.717, 1.165) is 0 Å². The summed E-state index contributed by atoms with van der Waals surface area (Å²) in [5.41, 5.74) is 0. The summed E-state index contributed by atoms with van der Waals surface area (Å²) in [6.07, 6.45) is 0. The molecule has 16 N–H and O–H groups in total. The van der Waals surface area contributed by atoms with Gasteiger partial charge in [-0.1, -0.05) is 0 Å². The molecule has 0 saturated carbocycles. The van der Waals surface area contributed by atoms with E-state index in [1.165, 1.54) is 0 Å². The first-order valence-corrected chi connectivity index (χ1v) is 0. The predicted octanol–water partition coefficient (Wildman–Crippen LogP) is -7.25. The van der Waals surface area contributed by atoms with Crippen LogP contribution in [0.5, 0.6) is 0 Å². The van der Waals surface area contributed by atoms with E-state index in [-0.39, 0.29) is 95.2 Å². The fraction of sp³-hybridized carbons (Fsp3) is 0. The fourth-order valence-electron chi connectivity index (χ4n) is 0. The molecular formula is H17KO8. The molecule has 0 saturated heterocycles. The third kappa shape index (κ3) is 288. The van der Waals surface area contributed by atoms with Crippen molar-refractivity contribution in [2.75, 3.05) is 0 Å². The van der Waals surface area contributed by atoms with E-state index in [2.05, 4.69) is 0 Å². The van der Waals surface area contributed by atoms with Gasteiger partial charge in [0.15, 0.2) is 0 Å². The third-order valence-electron chi connectivity index (χ3n) is 0. The quantitative estimate of drug-likeness (QED) is 0.318. The Morgan fingerprint density at radius 3 is 0.222 bits per heavy atom. The Hall–Kier alpha value is 1.32. The topological polar surface area (TPSA) is 252 Å².